The Balaban J connectivity index is 1.64. The lowest BCUT2D eigenvalue weighted by molar-refractivity contribution is -0.160. The Morgan fingerprint density at radius 2 is 1.93 bits per heavy atom. The monoisotopic (exact) mass is 374 g/mol. The van der Waals surface area contributed by atoms with Crippen LogP contribution in [0.25, 0.3) is 0 Å². The average molecular weight is 375 g/mol. The molecule has 0 bridgehead atoms. The van der Waals surface area contributed by atoms with Gasteiger partial charge in [0.2, 0.25) is 0 Å². The maximum Gasteiger partial charge on any atom is 0.305 e. The maximum absolute atomic E-state index is 12.3. The Hall–Kier alpha value is -1.16. The summed E-state index contributed by atoms with van der Waals surface area (Å²) in [6.45, 7) is 6.35. The van der Waals surface area contributed by atoms with Gasteiger partial charge in [0.05, 0.1) is 6.61 Å². The van der Waals surface area contributed by atoms with E-state index in [9.17, 15) is 14.7 Å². The number of rotatable bonds is 3. The molecule has 4 aliphatic rings. The van der Waals surface area contributed by atoms with Gasteiger partial charge in [0.25, 0.3) is 0 Å². The minimum atomic E-state index is -0.180. The maximum atomic E-state index is 12.3. The van der Waals surface area contributed by atoms with E-state index >= 15 is 0 Å². The minimum Gasteiger partial charge on any atom is -0.462 e. The van der Waals surface area contributed by atoms with Crippen molar-refractivity contribution in [1.82, 2.24) is 0 Å². The van der Waals surface area contributed by atoms with E-state index in [-0.39, 0.29) is 35.3 Å². The number of carbonyl (C=O) groups excluding carboxylic acids is 2. The Labute approximate surface area is 162 Å². The lowest BCUT2D eigenvalue weighted by Crippen LogP contribution is -2.54. The largest absolute Gasteiger partial charge is 0.462 e. The molecule has 6 atom stereocenters. The lowest BCUT2D eigenvalue weighted by atomic mass is 9.46. The summed E-state index contributed by atoms with van der Waals surface area (Å²) < 4.78 is 5.86. The number of esters is 1. The molecule has 0 aromatic rings. The van der Waals surface area contributed by atoms with E-state index in [0.717, 1.165) is 50.5 Å². The summed E-state index contributed by atoms with van der Waals surface area (Å²) in [6.07, 6.45) is 8.18. The highest BCUT2D eigenvalue weighted by molar-refractivity contribution is 5.96. The summed E-state index contributed by atoms with van der Waals surface area (Å²) in [7, 11) is 0. The van der Waals surface area contributed by atoms with Crippen LogP contribution in [-0.2, 0) is 14.3 Å². The highest BCUT2D eigenvalue weighted by atomic mass is 16.5. The molecule has 0 saturated heterocycles. The number of hydrogen-bond acceptors (Lipinski definition) is 4. The molecule has 0 radical (unpaired) electrons. The minimum absolute atomic E-state index is 0.0487. The van der Waals surface area contributed by atoms with E-state index in [0.29, 0.717) is 30.6 Å². The van der Waals surface area contributed by atoms with Crippen molar-refractivity contribution in [2.24, 2.45) is 28.6 Å². The molecule has 4 rings (SSSR count). The van der Waals surface area contributed by atoms with Gasteiger partial charge in [-0.2, -0.15) is 0 Å². The van der Waals surface area contributed by atoms with Crippen LogP contribution >= 0.6 is 0 Å². The zero-order valence-corrected chi connectivity index (χ0v) is 17.1. The highest BCUT2D eigenvalue weighted by Gasteiger charge is 2.61. The molecule has 4 heteroatoms. The summed E-state index contributed by atoms with van der Waals surface area (Å²) >= 11 is 0. The summed E-state index contributed by atoms with van der Waals surface area (Å²) in [5.74, 6) is 1.81. The van der Waals surface area contributed by atoms with Crippen LogP contribution < -0.4 is 0 Å². The van der Waals surface area contributed by atoms with Gasteiger partial charge in [-0.15, -0.1) is 0 Å². The number of Topliss-reactive ketones (excluding diaryl/α,β-unsaturated/α-hetero) is 1. The van der Waals surface area contributed by atoms with Crippen LogP contribution in [0.4, 0.5) is 0 Å². The second-order valence-electron chi connectivity index (χ2n) is 9.71. The quantitative estimate of drug-likeness (QED) is 0.752. The third-order valence-corrected chi connectivity index (χ3v) is 8.90. The third kappa shape index (κ3) is 2.66. The molecule has 3 saturated carbocycles. The van der Waals surface area contributed by atoms with Crippen LogP contribution in [0.3, 0.4) is 0 Å². The second kappa shape index (κ2) is 6.72. The topological polar surface area (TPSA) is 63.6 Å². The Morgan fingerprint density at radius 1 is 1.15 bits per heavy atom. The smallest absolute Gasteiger partial charge is 0.305 e. The van der Waals surface area contributed by atoms with Gasteiger partial charge in [0, 0.05) is 23.7 Å². The second-order valence-corrected chi connectivity index (χ2v) is 9.71. The van der Waals surface area contributed by atoms with E-state index in [1.165, 1.54) is 5.57 Å². The van der Waals surface area contributed by atoms with Gasteiger partial charge in [0.15, 0.2) is 5.78 Å². The number of ketones is 1. The first-order chi connectivity index (χ1) is 12.9. The molecule has 0 amide bonds. The van der Waals surface area contributed by atoms with Crippen LogP contribution in [0.15, 0.2) is 11.1 Å². The van der Waals surface area contributed by atoms with Gasteiger partial charge >= 0.3 is 5.97 Å². The summed E-state index contributed by atoms with van der Waals surface area (Å²) in [4.78, 5) is 24.2. The molecule has 0 aromatic heterocycles. The SMILES string of the molecule is CCC(=O)OC1CC[C@H]2[C@@H]3CCC4=C(C)C(=O)CC[C@]4(CO)[C@@H]3CC[C@]12C. The van der Waals surface area contributed by atoms with E-state index in [1.54, 1.807) is 0 Å². The molecule has 27 heavy (non-hydrogen) atoms. The molecule has 1 unspecified atom stereocenters. The normalized spacial score (nSPS) is 43.8. The molecule has 3 fully saturated rings. The molecule has 0 aliphatic heterocycles. The number of aliphatic hydroxyl groups excluding tert-OH is 1. The zero-order valence-electron chi connectivity index (χ0n) is 17.1. The van der Waals surface area contributed by atoms with E-state index in [1.807, 2.05) is 13.8 Å². The van der Waals surface area contributed by atoms with Crippen molar-refractivity contribution in [2.45, 2.75) is 84.7 Å². The molecule has 4 aliphatic carbocycles. The van der Waals surface area contributed by atoms with Gasteiger partial charge in [0.1, 0.15) is 6.10 Å². The Bertz CT molecular complexity index is 680. The van der Waals surface area contributed by atoms with Crippen LogP contribution in [0.2, 0.25) is 0 Å². The molecule has 1 N–H and O–H groups in total. The van der Waals surface area contributed by atoms with Gasteiger partial charge in [-0.1, -0.05) is 19.4 Å². The van der Waals surface area contributed by atoms with Crippen molar-refractivity contribution >= 4 is 11.8 Å². The number of hydrogen-bond donors (Lipinski definition) is 1. The zero-order chi connectivity index (χ0) is 19.4. The third-order valence-electron chi connectivity index (χ3n) is 8.90. The van der Waals surface area contributed by atoms with Crippen molar-refractivity contribution in [3.8, 4) is 0 Å². The highest BCUT2D eigenvalue weighted by Crippen LogP contribution is 2.66. The summed E-state index contributed by atoms with van der Waals surface area (Å²) in [5, 5.41) is 10.5. The van der Waals surface area contributed by atoms with Crippen molar-refractivity contribution in [3.05, 3.63) is 11.1 Å². The van der Waals surface area contributed by atoms with Gasteiger partial charge in [-0.25, -0.2) is 0 Å². The standard InChI is InChI=1S/C23H34O4/c1-4-21(26)27-20-8-7-17-15-5-6-16-14(2)19(25)10-12-23(16,13-24)18(15)9-11-22(17,20)3/h15,17-18,20,24H,4-13H2,1-3H3/t15-,17-,18+,20?,22-,23+/m0/s1. The van der Waals surface area contributed by atoms with Crippen LogP contribution in [-0.4, -0.2) is 29.6 Å². The van der Waals surface area contributed by atoms with Crippen molar-refractivity contribution in [2.75, 3.05) is 6.61 Å². The average Bonchev–Trinajstić information content (AvgIpc) is 3.00. The number of carbonyl (C=O) groups is 2. The number of aliphatic hydroxyl groups is 1. The molecule has 0 spiro atoms. The molecule has 0 aromatic carbocycles. The van der Waals surface area contributed by atoms with E-state index in [4.69, 9.17) is 4.74 Å². The first-order valence-corrected chi connectivity index (χ1v) is 10.9. The molecular weight excluding hydrogens is 340 g/mol. The van der Waals surface area contributed by atoms with Crippen molar-refractivity contribution < 1.29 is 19.4 Å². The fraction of sp³-hybridized carbons (Fsp3) is 0.826. The van der Waals surface area contributed by atoms with Gasteiger partial charge in [-0.05, 0) is 75.2 Å². The molecule has 150 valence electrons. The summed E-state index contributed by atoms with van der Waals surface area (Å²) in [5.41, 5.74) is 2.09. The van der Waals surface area contributed by atoms with E-state index < -0.39 is 0 Å². The predicted molar refractivity (Wildman–Crippen MR) is 103 cm³/mol. The number of fused-ring (bicyclic) bond motifs is 5. The first kappa shape index (κ1) is 19.2. The molecule has 4 nitrogen and oxygen atoms in total. The first-order valence-electron chi connectivity index (χ1n) is 10.9. The van der Waals surface area contributed by atoms with Crippen LogP contribution in [0.5, 0.6) is 0 Å². The lowest BCUT2D eigenvalue weighted by Gasteiger charge is -2.58. The molecular formula is C23H34O4. The van der Waals surface area contributed by atoms with Crippen LogP contribution in [0.1, 0.15) is 78.6 Å². The fourth-order valence-electron chi connectivity index (χ4n) is 7.43. The Kier molecular flexibility index (Phi) is 4.77. The van der Waals surface area contributed by atoms with Gasteiger partial charge in [-0.3, -0.25) is 9.59 Å². The number of ether oxygens (including phenoxy) is 1. The summed E-state index contributed by atoms with van der Waals surface area (Å²) in [6, 6.07) is 0. The predicted octanol–water partition coefficient (Wildman–Crippen LogP) is 4.20. The molecule has 0 heterocycles. The van der Waals surface area contributed by atoms with Gasteiger partial charge < -0.3 is 9.84 Å². The fourth-order valence-corrected chi connectivity index (χ4v) is 7.43. The Morgan fingerprint density at radius 3 is 2.63 bits per heavy atom. The van der Waals surface area contributed by atoms with E-state index in [2.05, 4.69) is 6.92 Å². The van der Waals surface area contributed by atoms with Crippen molar-refractivity contribution in [1.29, 1.82) is 0 Å². The van der Waals surface area contributed by atoms with Crippen LogP contribution in [0, 0.1) is 28.6 Å². The van der Waals surface area contributed by atoms with Crippen molar-refractivity contribution in [3.63, 3.8) is 0 Å².